The van der Waals surface area contributed by atoms with Crippen molar-refractivity contribution in [2.24, 2.45) is 5.16 Å². The number of likely N-dealkylation sites (N-methyl/N-ethyl adjacent to an activating group) is 1. The molecule has 2 N–H and O–H groups in total. The molecule has 10 heteroatoms. The summed E-state index contributed by atoms with van der Waals surface area (Å²) in [6.07, 6.45) is 1.48. The maximum atomic E-state index is 12.3. The van der Waals surface area contributed by atoms with Gasteiger partial charge in [0.1, 0.15) is 12.1 Å². The Morgan fingerprint density at radius 2 is 2.30 bits per heavy atom. The largest absolute Gasteiger partial charge is 0.480 e. The second-order valence-electron chi connectivity index (χ2n) is 4.95. The summed E-state index contributed by atoms with van der Waals surface area (Å²) < 4.78 is 0. The van der Waals surface area contributed by atoms with Crippen molar-refractivity contribution in [3.8, 4) is 0 Å². The molecule has 0 radical (unpaired) electrons. The van der Waals surface area contributed by atoms with E-state index >= 15 is 0 Å². The molecular formula is C13H18N4O6. The van der Waals surface area contributed by atoms with Crippen molar-refractivity contribution in [3.05, 3.63) is 12.7 Å². The van der Waals surface area contributed by atoms with Crippen molar-refractivity contribution in [1.82, 2.24) is 15.3 Å². The van der Waals surface area contributed by atoms with Crippen LogP contribution in [-0.4, -0.2) is 77.6 Å². The van der Waals surface area contributed by atoms with Crippen molar-refractivity contribution in [2.45, 2.75) is 18.5 Å². The Labute approximate surface area is 132 Å². The van der Waals surface area contributed by atoms with Gasteiger partial charge in [0.2, 0.25) is 0 Å². The van der Waals surface area contributed by atoms with Gasteiger partial charge in [0.05, 0.1) is 18.9 Å². The topological polar surface area (TPSA) is 121 Å². The lowest BCUT2D eigenvalue weighted by Crippen LogP contribution is -2.48. The zero-order valence-electron chi connectivity index (χ0n) is 12.6. The summed E-state index contributed by atoms with van der Waals surface area (Å²) in [7, 11) is 1.46. The maximum absolute atomic E-state index is 12.3. The number of carbonyl (C=O) groups is 3. The number of oxime groups is 1. The van der Waals surface area contributed by atoms with Gasteiger partial charge in [-0.2, -0.15) is 5.06 Å². The fourth-order valence-electron chi connectivity index (χ4n) is 2.39. The predicted octanol–water partition coefficient (Wildman–Crippen LogP) is -0.814. The second-order valence-corrected chi connectivity index (χ2v) is 4.95. The maximum Gasteiger partial charge on any atom is 0.345 e. The molecule has 10 nitrogen and oxygen atoms in total. The van der Waals surface area contributed by atoms with Gasteiger partial charge in [0, 0.05) is 13.5 Å². The van der Waals surface area contributed by atoms with Crippen LogP contribution in [-0.2, 0) is 19.3 Å². The number of aliphatic carboxylic acids is 1. The van der Waals surface area contributed by atoms with E-state index in [0.29, 0.717) is 5.71 Å². The van der Waals surface area contributed by atoms with Gasteiger partial charge in [-0.1, -0.05) is 11.2 Å². The van der Waals surface area contributed by atoms with Crippen LogP contribution in [0.4, 0.5) is 4.79 Å². The summed E-state index contributed by atoms with van der Waals surface area (Å²) in [5.74, 6) is -1.51. The lowest BCUT2D eigenvalue weighted by Gasteiger charge is -2.28. The molecule has 0 spiro atoms. The second kappa shape index (κ2) is 7.09. The number of nitrogens with zero attached hydrogens (tertiary/aromatic N) is 3. The van der Waals surface area contributed by atoms with E-state index in [1.165, 1.54) is 18.0 Å². The van der Waals surface area contributed by atoms with Crippen LogP contribution in [0.25, 0.3) is 0 Å². The summed E-state index contributed by atoms with van der Waals surface area (Å²) in [5, 5.41) is 16.6. The summed E-state index contributed by atoms with van der Waals surface area (Å²) >= 11 is 0. The minimum atomic E-state index is -1.14. The molecule has 23 heavy (non-hydrogen) atoms. The van der Waals surface area contributed by atoms with Crippen LogP contribution < -0.4 is 5.32 Å². The lowest BCUT2D eigenvalue weighted by molar-refractivity contribution is -0.142. The molecule has 2 bridgehead atoms. The molecule has 0 aromatic rings. The van der Waals surface area contributed by atoms with Crippen molar-refractivity contribution in [2.75, 3.05) is 26.8 Å². The Morgan fingerprint density at radius 3 is 2.91 bits per heavy atom. The summed E-state index contributed by atoms with van der Waals surface area (Å²) in [6.45, 7) is 3.44. The van der Waals surface area contributed by atoms with Gasteiger partial charge in [-0.3, -0.25) is 9.63 Å². The van der Waals surface area contributed by atoms with Crippen LogP contribution in [0.15, 0.2) is 17.8 Å². The third-order valence-corrected chi connectivity index (χ3v) is 3.52. The minimum Gasteiger partial charge on any atom is -0.480 e. The number of hydrogen-bond donors (Lipinski definition) is 2. The van der Waals surface area contributed by atoms with Gasteiger partial charge in [-0.25, -0.2) is 9.59 Å². The van der Waals surface area contributed by atoms with Crippen LogP contribution >= 0.6 is 0 Å². The van der Waals surface area contributed by atoms with Gasteiger partial charge in [-0.15, -0.1) is 6.58 Å². The number of carboxylic acids is 1. The van der Waals surface area contributed by atoms with Gasteiger partial charge < -0.3 is 20.2 Å². The van der Waals surface area contributed by atoms with E-state index in [1.807, 2.05) is 0 Å². The molecule has 2 saturated heterocycles. The first-order chi connectivity index (χ1) is 11.0. The highest BCUT2D eigenvalue weighted by molar-refractivity contribution is 6.01. The van der Waals surface area contributed by atoms with Gasteiger partial charge >= 0.3 is 12.0 Å². The SMILES string of the molecule is C=CCON1C(=O)N2C[C@H]1C(=NOCC(=O)NC)C[C@H]2C(=O)O. The van der Waals surface area contributed by atoms with E-state index in [-0.39, 0.29) is 32.1 Å². The first-order valence-electron chi connectivity index (χ1n) is 6.95. The van der Waals surface area contributed by atoms with E-state index in [9.17, 15) is 19.5 Å². The lowest BCUT2D eigenvalue weighted by atomic mass is 9.99. The number of amides is 3. The van der Waals surface area contributed by atoms with Crippen LogP contribution in [0, 0.1) is 0 Å². The molecule has 2 atom stereocenters. The van der Waals surface area contributed by atoms with E-state index in [1.54, 1.807) is 0 Å². The highest BCUT2D eigenvalue weighted by Crippen LogP contribution is 2.29. The molecule has 0 aliphatic carbocycles. The van der Waals surface area contributed by atoms with Crippen LogP contribution in [0.3, 0.4) is 0 Å². The number of hydrogen-bond acceptors (Lipinski definition) is 6. The molecule has 0 unspecified atom stereocenters. The Balaban J connectivity index is 2.18. The highest BCUT2D eigenvalue weighted by atomic mass is 16.7. The summed E-state index contributed by atoms with van der Waals surface area (Å²) in [4.78, 5) is 46.2. The standard InChI is InChI=1S/C13H18N4O6/c1-3-4-23-17-10-6-16(13(17)21)9(12(19)20)5-8(10)15-22-7-11(18)14-2/h3,9-10H,1,4-7H2,2H3,(H,14,18)(H,19,20)/t9-,10-/m0/s1. The average molecular weight is 326 g/mol. The third-order valence-electron chi connectivity index (χ3n) is 3.52. The van der Waals surface area contributed by atoms with E-state index < -0.39 is 24.1 Å². The van der Waals surface area contributed by atoms with Crippen LogP contribution in [0.1, 0.15) is 6.42 Å². The van der Waals surface area contributed by atoms with Gasteiger partial charge in [0.25, 0.3) is 5.91 Å². The Morgan fingerprint density at radius 1 is 1.57 bits per heavy atom. The van der Waals surface area contributed by atoms with E-state index in [0.717, 1.165) is 5.06 Å². The number of fused-ring (bicyclic) bond motifs is 2. The van der Waals surface area contributed by atoms with Crippen LogP contribution in [0.2, 0.25) is 0 Å². The predicted molar refractivity (Wildman–Crippen MR) is 77.4 cm³/mol. The monoisotopic (exact) mass is 326 g/mol. The summed E-state index contributed by atoms with van der Waals surface area (Å²) in [5.41, 5.74) is 0.340. The molecule has 2 heterocycles. The molecule has 2 aliphatic heterocycles. The smallest absolute Gasteiger partial charge is 0.345 e. The quantitative estimate of drug-likeness (QED) is 0.466. The number of carbonyl (C=O) groups excluding carboxylic acids is 2. The first kappa shape index (κ1) is 16.7. The Kier molecular flexibility index (Phi) is 5.16. The molecule has 3 amide bonds. The van der Waals surface area contributed by atoms with E-state index in [2.05, 4.69) is 17.1 Å². The fourth-order valence-corrected chi connectivity index (χ4v) is 2.39. The molecule has 2 fully saturated rings. The Bertz CT molecular complexity index is 549. The van der Waals surface area contributed by atoms with Gasteiger partial charge in [-0.05, 0) is 0 Å². The van der Waals surface area contributed by atoms with Crippen molar-refractivity contribution in [3.63, 3.8) is 0 Å². The van der Waals surface area contributed by atoms with Crippen molar-refractivity contribution >= 4 is 23.6 Å². The number of nitrogens with one attached hydrogen (secondary N) is 1. The highest BCUT2D eigenvalue weighted by Gasteiger charge is 2.51. The third kappa shape index (κ3) is 3.42. The molecular weight excluding hydrogens is 308 g/mol. The number of hydroxylamine groups is 2. The molecule has 2 rings (SSSR count). The molecule has 0 aromatic heterocycles. The molecule has 0 aromatic carbocycles. The first-order valence-corrected chi connectivity index (χ1v) is 6.95. The van der Waals surface area contributed by atoms with E-state index in [4.69, 9.17) is 9.68 Å². The molecule has 0 saturated carbocycles. The summed E-state index contributed by atoms with van der Waals surface area (Å²) in [6, 6.07) is -2.14. The Hall–Kier alpha value is -2.62. The van der Waals surface area contributed by atoms with Crippen molar-refractivity contribution in [1.29, 1.82) is 0 Å². The zero-order chi connectivity index (χ0) is 17.0. The normalized spacial score (nSPS) is 24.7. The van der Waals surface area contributed by atoms with Crippen molar-refractivity contribution < 1.29 is 29.2 Å². The zero-order valence-corrected chi connectivity index (χ0v) is 12.6. The van der Waals surface area contributed by atoms with Crippen LogP contribution in [0.5, 0.6) is 0 Å². The minimum absolute atomic E-state index is 0.00737. The molecule has 126 valence electrons. The average Bonchev–Trinajstić information content (AvgIpc) is 2.80. The number of piperidine rings is 1. The fraction of sp³-hybridized carbons (Fsp3) is 0.538. The molecule has 2 aliphatic rings. The number of urea groups is 1. The van der Waals surface area contributed by atoms with Gasteiger partial charge in [0.15, 0.2) is 6.61 Å². The number of carboxylic acid groups (broad SMARTS) is 1. The number of rotatable bonds is 7.